The van der Waals surface area contributed by atoms with Gasteiger partial charge in [-0.2, -0.15) is 0 Å². The largest absolute Gasteiger partial charge is 0.484 e. The second kappa shape index (κ2) is 8.23. The molecule has 3 rings (SSSR count). The van der Waals surface area contributed by atoms with E-state index < -0.39 is 0 Å². The number of carbonyl (C=O) groups is 1. The van der Waals surface area contributed by atoms with Crippen molar-refractivity contribution in [3.05, 3.63) is 54.1 Å². The van der Waals surface area contributed by atoms with Crippen LogP contribution in [-0.2, 0) is 9.53 Å². The molecule has 0 radical (unpaired) electrons. The van der Waals surface area contributed by atoms with Gasteiger partial charge >= 0.3 is 0 Å². The van der Waals surface area contributed by atoms with Crippen LogP contribution in [0.3, 0.4) is 0 Å². The highest BCUT2D eigenvalue weighted by Crippen LogP contribution is 2.24. The van der Waals surface area contributed by atoms with Crippen LogP contribution in [0.4, 0.5) is 0 Å². The zero-order valence-electron chi connectivity index (χ0n) is 15.5. The fourth-order valence-corrected chi connectivity index (χ4v) is 2.96. The number of rotatable bonds is 5. The van der Waals surface area contributed by atoms with Gasteiger partial charge in [0.25, 0.3) is 5.91 Å². The van der Waals surface area contributed by atoms with Crippen LogP contribution in [0, 0.1) is 6.92 Å². The van der Waals surface area contributed by atoms with Crippen LogP contribution < -0.4 is 9.47 Å². The first-order valence-corrected chi connectivity index (χ1v) is 8.90. The molecule has 0 N–H and O–H groups in total. The van der Waals surface area contributed by atoms with Crippen molar-refractivity contribution in [2.75, 3.05) is 19.7 Å². The van der Waals surface area contributed by atoms with Crippen molar-refractivity contribution < 1.29 is 19.0 Å². The molecule has 5 heteroatoms. The summed E-state index contributed by atoms with van der Waals surface area (Å²) in [5, 5.41) is 0. The van der Waals surface area contributed by atoms with Crippen LogP contribution in [0.1, 0.15) is 19.4 Å². The molecular formula is C21H25NO4. The van der Waals surface area contributed by atoms with Crippen LogP contribution in [0.5, 0.6) is 17.2 Å². The van der Waals surface area contributed by atoms with Gasteiger partial charge in [0.2, 0.25) is 0 Å². The number of nitrogens with zero attached hydrogens (tertiary/aromatic N) is 1. The Hall–Kier alpha value is -2.53. The van der Waals surface area contributed by atoms with E-state index in [2.05, 4.69) is 0 Å². The highest BCUT2D eigenvalue weighted by Gasteiger charge is 2.25. The molecule has 1 fully saturated rings. The molecule has 0 saturated carbocycles. The Morgan fingerprint density at radius 3 is 2.04 bits per heavy atom. The SMILES string of the molecule is Cc1ccc(Oc2ccc(OCC(=O)N3C[C@H](C)O[C@@H](C)C3)cc2)cc1. The van der Waals surface area contributed by atoms with Gasteiger partial charge in [-0.25, -0.2) is 0 Å². The van der Waals surface area contributed by atoms with Gasteiger partial charge in [-0.3, -0.25) is 4.79 Å². The lowest BCUT2D eigenvalue weighted by atomic mass is 10.2. The quantitative estimate of drug-likeness (QED) is 0.818. The summed E-state index contributed by atoms with van der Waals surface area (Å²) in [4.78, 5) is 14.1. The minimum atomic E-state index is -0.0213. The first-order chi connectivity index (χ1) is 12.5. The van der Waals surface area contributed by atoms with Crippen LogP contribution in [0.2, 0.25) is 0 Å². The molecule has 2 aromatic carbocycles. The number of benzene rings is 2. The molecule has 1 heterocycles. The average molecular weight is 355 g/mol. The Morgan fingerprint density at radius 1 is 0.962 bits per heavy atom. The zero-order chi connectivity index (χ0) is 18.5. The lowest BCUT2D eigenvalue weighted by Gasteiger charge is -2.35. The maximum atomic E-state index is 12.3. The minimum Gasteiger partial charge on any atom is -0.484 e. The molecule has 1 saturated heterocycles. The van der Waals surface area contributed by atoms with E-state index in [1.807, 2.05) is 57.2 Å². The van der Waals surface area contributed by atoms with Crippen LogP contribution in [0.15, 0.2) is 48.5 Å². The van der Waals surface area contributed by atoms with Crippen molar-refractivity contribution in [3.8, 4) is 17.2 Å². The van der Waals surface area contributed by atoms with Crippen LogP contribution >= 0.6 is 0 Å². The predicted molar refractivity (Wildman–Crippen MR) is 99.8 cm³/mol. The van der Waals surface area contributed by atoms with E-state index in [-0.39, 0.29) is 24.7 Å². The summed E-state index contributed by atoms with van der Waals surface area (Å²) < 4.78 is 17.1. The Balaban J connectivity index is 1.51. The van der Waals surface area contributed by atoms with Gasteiger partial charge in [0, 0.05) is 13.1 Å². The van der Waals surface area contributed by atoms with Crippen LogP contribution in [-0.4, -0.2) is 42.7 Å². The molecule has 1 aliphatic rings. The van der Waals surface area contributed by atoms with E-state index in [0.29, 0.717) is 18.8 Å². The summed E-state index contributed by atoms with van der Waals surface area (Å²) in [7, 11) is 0. The summed E-state index contributed by atoms with van der Waals surface area (Å²) in [5.41, 5.74) is 1.19. The normalized spacial score (nSPS) is 19.9. The third-order valence-corrected chi connectivity index (χ3v) is 4.22. The molecule has 5 nitrogen and oxygen atoms in total. The van der Waals surface area contributed by atoms with Crippen molar-refractivity contribution >= 4 is 5.91 Å². The lowest BCUT2D eigenvalue weighted by Crippen LogP contribution is -2.49. The minimum absolute atomic E-state index is 0.0213. The summed E-state index contributed by atoms with van der Waals surface area (Å²) in [6.07, 6.45) is 0.113. The second-order valence-electron chi connectivity index (χ2n) is 6.73. The zero-order valence-corrected chi connectivity index (χ0v) is 15.5. The van der Waals surface area contributed by atoms with Gasteiger partial charge in [0.15, 0.2) is 6.61 Å². The topological polar surface area (TPSA) is 48.0 Å². The van der Waals surface area contributed by atoms with Gasteiger partial charge < -0.3 is 19.1 Å². The highest BCUT2D eigenvalue weighted by molar-refractivity contribution is 5.78. The molecule has 1 amide bonds. The average Bonchev–Trinajstić information content (AvgIpc) is 2.62. The fourth-order valence-electron chi connectivity index (χ4n) is 2.96. The first-order valence-electron chi connectivity index (χ1n) is 8.90. The van der Waals surface area contributed by atoms with Gasteiger partial charge in [-0.15, -0.1) is 0 Å². The third kappa shape index (κ3) is 4.99. The van der Waals surface area contributed by atoms with Gasteiger partial charge in [0.1, 0.15) is 17.2 Å². The van der Waals surface area contributed by atoms with Gasteiger partial charge in [-0.1, -0.05) is 17.7 Å². The van der Waals surface area contributed by atoms with Crippen molar-refractivity contribution in [3.63, 3.8) is 0 Å². The molecule has 0 bridgehead atoms. The first kappa shape index (κ1) is 18.3. The fraction of sp³-hybridized carbons (Fsp3) is 0.381. The van der Waals surface area contributed by atoms with E-state index in [4.69, 9.17) is 14.2 Å². The van der Waals surface area contributed by atoms with E-state index in [1.165, 1.54) is 5.56 Å². The smallest absolute Gasteiger partial charge is 0.260 e. The lowest BCUT2D eigenvalue weighted by molar-refractivity contribution is -0.145. The number of aryl methyl sites for hydroxylation is 1. The summed E-state index contributed by atoms with van der Waals surface area (Å²) >= 11 is 0. The van der Waals surface area contributed by atoms with Crippen molar-refractivity contribution in [1.82, 2.24) is 4.90 Å². The van der Waals surface area contributed by atoms with E-state index in [1.54, 1.807) is 17.0 Å². The molecule has 0 aliphatic carbocycles. The standard InChI is InChI=1S/C21H25NO4/c1-15-4-6-19(7-5-15)26-20-10-8-18(9-11-20)24-14-21(23)22-12-16(2)25-17(3)13-22/h4-11,16-17H,12-14H2,1-3H3/t16-,17-/m0/s1. The van der Waals surface area contributed by atoms with Crippen molar-refractivity contribution in [2.45, 2.75) is 33.0 Å². The third-order valence-electron chi connectivity index (χ3n) is 4.22. The molecule has 0 spiro atoms. The number of carbonyl (C=O) groups excluding carboxylic acids is 1. The molecule has 2 atom stereocenters. The maximum Gasteiger partial charge on any atom is 0.260 e. The summed E-state index contributed by atoms with van der Waals surface area (Å²) in [5.74, 6) is 2.13. The number of hydrogen-bond acceptors (Lipinski definition) is 4. The molecule has 138 valence electrons. The highest BCUT2D eigenvalue weighted by atomic mass is 16.5. The van der Waals surface area contributed by atoms with E-state index in [0.717, 1.165) is 11.5 Å². The molecule has 0 aromatic heterocycles. The van der Waals surface area contributed by atoms with E-state index >= 15 is 0 Å². The molecule has 26 heavy (non-hydrogen) atoms. The predicted octanol–water partition coefficient (Wildman–Crippen LogP) is 3.80. The monoisotopic (exact) mass is 355 g/mol. The summed E-state index contributed by atoms with van der Waals surface area (Å²) in [6, 6.07) is 15.2. The van der Waals surface area contributed by atoms with Gasteiger partial charge in [-0.05, 0) is 57.2 Å². The maximum absolute atomic E-state index is 12.3. The number of amides is 1. The number of hydrogen-bond donors (Lipinski definition) is 0. The number of morpholine rings is 1. The Morgan fingerprint density at radius 2 is 1.46 bits per heavy atom. The van der Waals surface area contributed by atoms with Gasteiger partial charge in [0.05, 0.1) is 12.2 Å². The summed E-state index contributed by atoms with van der Waals surface area (Å²) in [6.45, 7) is 7.23. The molecule has 2 aromatic rings. The Kier molecular flexibility index (Phi) is 5.78. The van der Waals surface area contributed by atoms with Crippen molar-refractivity contribution in [1.29, 1.82) is 0 Å². The second-order valence-corrected chi connectivity index (χ2v) is 6.73. The Labute approximate surface area is 154 Å². The van der Waals surface area contributed by atoms with Crippen molar-refractivity contribution in [2.24, 2.45) is 0 Å². The van der Waals surface area contributed by atoms with E-state index in [9.17, 15) is 4.79 Å². The molecule has 1 aliphatic heterocycles. The Bertz CT molecular complexity index is 717. The number of ether oxygens (including phenoxy) is 3. The molecular weight excluding hydrogens is 330 g/mol. The van der Waals surface area contributed by atoms with Crippen LogP contribution in [0.25, 0.3) is 0 Å². The molecule has 0 unspecified atom stereocenters.